The highest BCUT2D eigenvalue weighted by atomic mass is 16.5. The van der Waals surface area contributed by atoms with Crippen molar-refractivity contribution in [2.45, 2.75) is 32.5 Å². The summed E-state index contributed by atoms with van der Waals surface area (Å²) in [6, 6.07) is 23.5. The van der Waals surface area contributed by atoms with Crippen molar-refractivity contribution in [2.24, 2.45) is 0 Å². The van der Waals surface area contributed by atoms with Crippen molar-refractivity contribution in [2.75, 3.05) is 20.1 Å². The molecule has 3 aromatic carbocycles. The number of rotatable bonds is 13. The monoisotopic (exact) mass is 511 g/mol. The van der Waals surface area contributed by atoms with Crippen molar-refractivity contribution >= 4 is 29.4 Å². The van der Waals surface area contributed by atoms with Crippen molar-refractivity contribution < 1.29 is 19.1 Å². The van der Waals surface area contributed by atoms with Crippen molar-refractivity contribution in [3.05, 3.63) is 101 Å². The molecule has 1 unspecified atom stereocenters. The van der Waals surface area contributed by atoms with Gasteiger partial charge >= 0.3 is 0 Å². The molecule has 1 heterocycles. The molecule has 0 saturated carbocycles. The molecule has 4 aromatic rings. The summed E-state index contributed by atoms with van der Waals surface area (Å²) in [4.78, 5) is 38.0. The fourth-order valence-corrected chi connectivity index (χ4v) is 4.44. The molecule has 1 amide bonds. The molecule has 4 rings (SSSR count). The molecule has 196 valence electrons. The number of hydrogen-bond acceptors (Lipinski definition) is 5. The molecule has 38 heavy (non-hydrogen) atoms. The van der Waals surface area contributed by atoms with Crippen LogP contribution in [-0.4, -0.2) is 54.3 Å². The Hall–Kier alpha value is -4.23. The van der Waals surface area contributed by atoms with Crippen LogP contribution in [0.1, 0.15) is 27.0 Å². The number of ether oxygens (including phenoxy) is 1. The Morgan fingerprint density at radius 1 is 1.03 bits per heavy atom. The number of aryl methyl sites for hydroxylation is 1. The van der Waals surface area contributed by atoms with Gasteiger partial charge in [0.25, 0.3) is 0 Å². The molecule has 7 heteroatoms. The van der Waals surface area contributed by atoms with Crippen LogP contribution < -0.4 is 10.1 Å². The van der Waals surface area contributed by atoms with E-state index >= 15 is 0 Å². The first-order valence-corrected chi connectivity index (χ1v) is 12.7. The number of benzene rings is 3. The van der Waals surface area contributed by atoms with Gasteiger partial charge in [0.15, 0.2) is 12.6 Å². The average molecular weight is 512 g/mol. The molecule has 0 aliphatic rings. The molecular formula is C31H33N3O4. The van der Waals surface area contributed by atoms with Gasteiger partial charge in [0.05, 0.1) is 0 Å². The van der Waals surface area contributed by atoms with Crippen LogP contribution in [0.25, 0.3) is 10.9 Å². The van der Waals surface area contributed by atoms with E-state index in [1.807, 2.05) is 48.5 Å². The van der Waals surface area contributed by atoms with E-state index in [4.69, 9.17) is 4.74 Å². The molecule has 0 radical (unpaired) electrons. The number of fused-ring (bicyclic) bond motifs is 1. The Morgan fingerprint density at radius 3 is 2.53 bits per heavy atom. The molecule has 0 saturated heterocycles. The van der Waals surface area contributed by atoms with Crippen molar-refractivity contribution in [1.29, 1.82) is 0 Å². The Bertz CT molecular complexity index is 1400. The smallest absolute Gasteiger partial charge is 0.242 e. The number of hydrogen-bond donors (Lipinski definition) is 1. The lowest BCUT2D eigenvalue weighted by Crippen LogP contribution is -2.37. The van der Waals surface area contributed by atoms with Crippen LogP contribution in [0.2, 0.25) is 0 Å². The van der Waals surface area contributed by atoms with Gasteiger partial charge in [0, 0.05) is 42.8 Å². The lowest BCUT2D eigenvalue weighted by atomic mass is 10.1. The second-order valence-electron chi connectivity index (χ2n) is 9.37. The van der Waals surface area contributed by atoms with E-state index in [0.29, 0.717) is 29.8 Å². The standard InChI is InChI=1S/C31H33N3O4/c1-23-8-6-7-11-25(23)14-16-32-30(22-36)38-27-12-13-29-28(18-27)26(21-35)19-34(29)20-31(37)33(2)17-15-24-9-4-3-5-10-24/h3-13,18-19,21-22,30,32H,14-17,20H2,1-2H3. The molecule has 0 fully saturated rings. The van der Waals surface area contributed by atoms with Crippen molar-refractivity contribution in [3.63, 3.8) is 0 Å². The van der Waals surface area contributed by atoms with Gasteiger partial charge in [-0.05, 0) is 54.7 Å². The quantitative estimate of drug-likeness (QED) is 0.215. The van der Waals surface area contributed by atoms with E-state index < -0.39 is 6.23 Å². The molecule has 1 atom stereocenters. The van der Waals surface area contributed by atoms with Gasteiger partial charge in [0.1, 0.15) is 12.3 Å². The summed E-state index contributed by atoms with van der Waals surface area (Å²) in [5.74, 6) is 0.416. The summed E-state index contributed by atoms with van der Waals surface area (Å²) in [7, 11) is 1.79. The van der Waals surface area contributed by atoms with E-state index in [1.165, 1.54) is 16.7 Å². The Kier molecular flexibility index (Phi) is 9.06. The predicted molar refractivity (Wildman–Crippen MR) is 148 cm³/mol. The topological polar surface area (TPSA) is 80.6 Å². The fraction of sp³-hybridized carbons (Fsp3) is 0.258. The molecule has 0 aliphatic heterocycles. The maximum Gasteiger partial charge on any atom is 0.242 e. The molecular weight excluding hydrogens is 478 g/mol. The van der Waals surface area contributed by atoms with Crippen LogP contribution in [0.5, 0.6) is 5.75 Å². The van der Waals surface area contributed by atoms with Gasteiger partial charge in [-0.25, -0.2) is 0 Å². The average Bonchev–Trinajstić information content (AvgIpc) is 3.29. The minimum atomic E-state index is -0.821. The fourth-order valence-electron chi connectivity index (χ4n) is 4.44. The highest BCUT2D eigenvalue weighted by Crippen LogP contribution is 2.26. The molecule has 1 aromatic heterocycles. The highest BCUT2D eigenvalue weighted by molar-refractivity contribution is 5.99. The lowest BCUT2D eigenvalue weighted by Gasteiger charge is -2.18. The van der Waals surface area contributed by atoms with Crippen LogP contribution in [0.3, 0.4) is 0 Å². The van der Waals surface area contributed by atoms with Crippen LogP contribution in [0, 0.1) is 6.92 Å². The van der Waals surface area contributed by atoms with Crippen LogP contribution in [0.4, 0.5) is 0 Å². The van der Waals surface area contributed by atoms with E-state index in [-0.39, 0.29) is 12.5 Å². The van der Waals surface area contributed by atoms with Gasteiger partial charge < -0.3 is 14.2 Å². The Balaban J connectivity index is 1.39. The second kappa shape index (κ2) is 12.8. The zero-order valence-electron chi connectivity index (χ0n) is 21.8. The number of aromatic nitrogens is 1. The Morgan fingerprint density at radius 2 is 1.79 bits per heavy atom. The molecule has 7 nitrogen and oxygen atoms in total. The number of aldehydes is 2. The molecule has 0 bridgehead atoms. The first-order chi connectivity index (χ1) is 18.5. The van der Waals surface area contributed by atoms with E-state index in [0.717, 1.165) is 30.9 Å². The number of nitrogens with zero attached hydrogens (tertiary/aromatic N) is 2. The number of carbonyl (C=O) groups excluding carboxylic acids is 3. The van der Waals surface area contributed by atoms with Crippen LogP contribution >= 0.6 is 0 Å². The summed E-state index contributed by atoms with van der Waals surface area (Å²) in [6.45, 7) is 3.36. The van der Waals surface area contributed by atoms with E-state index in [2.05, 4.69) is 24.4 Å². The SMILES string of the molecule is Cc1ccccc1CCNC(C=O)Oc1ccc2c(c1)c(C=O)cn2CC(=O)N(C)CCc1ccccc1. The van der Waals surface area contributed by atoms with Gasteiger partial charge in [0.2, 0.25) is 12.1 Å². The van der Waals surface area contributed by atoms with Gasteiger partial charge in [-0.3, -0.25) is 19.7 Å². The largest absolute Gasteiger partial charge is 0.468 e. The lowest BCUT2D eigenvalue weighted by molar-refractivity contribution is -0.130. The van der Waals surface area contributed by atoms with Crippen LogP contribution in [0.15, 0.2) is 79.0 Å². The molecule has 0 aliphatic carbocycles. The summed E-state index contributed by atoms with van der Waals surface area (Å²) in [5, 5.41) is 3.79. The third-order valence-corrected chi connectivity index (χ3v) is 6.71. The number of nitrogens with one attached hydrogen (secondary N) is 1. The molecule has 0 spiro atoms. The van der Waals surface area contributed by atoms with E-state index in [9.17, 15) is 14.4 Å². The minimum Gasteiger partial charge on any atom is -0.468 e. The summed E-state index contributed by atoms with van der Waals surface area (Å²) >= 11 is 0. The van der Waals surface area contributed by atoms with Crippen molar-refractivity contribution in [3.8, 4) is 5.75 Å². The zero-order valence-corrected chi connectivity index (χ0v) is 21.8. The number of carbonyl (C=O) groups is 3. The Labute approximate surface area is 223 Å². The van der Waals surface area contributed by atoms with Crippen molar-refractivity contribution in [1.82, 2.24) is 14.8 Å². The van der Waals surface area contributed by atoms with E-state index in [1.54, 1.807) is 34.8 Å². The number of amides is 1. The zero-order chi connectivity index (χ0) is 26.9. The third-order valence-electron chi connectivity index (χ3n) is 6.71. The predicted octanol–water partition coefficient (Wildman–Crippen LogP) is 4.20. The highest BCUT2D eigenvalue weighted by Gasteiger charge is 2.16. The summed E-state index contributed by atoms with van der Waals surface area (Å²) in [6.07, 6.45) is 3.89. The molecule has 1 N–H and O–H groups in total. The second-order valence-corrected chi connectivity index (χ2v) is 9.37. The third kappa shape index (κ3) is 6.75. The van der Waals surface area contributed by atoms with Crippen LogP contribution in [-0.2, 0) is 29.0 Å². The van der Waals surface area contributed by atoms with Gasteiger partial charge in [-0.15, -0.1) is 0 Å². The first kappa shape index (κ1) is 26.8. The number of likely N-dealkylation sites (N-methyl/N-ethyl adjacent to an activating group) is 1. The summed E-state index contributed by atoms with van der Waals surface area (Å²) < 4.78 is 7.64. The normalized spacial score (nSPS) is 11.7. The minimum absolute atomic E-state index is 0.0468. The summed E-state index contributed by atoms with van der Waals surface area (Å²) in [5.41, 5.74) is 4.80. The maximum atomic E-state index is 12.9. The maximum absolute atomic E-state index is 12.9. The first-order valence-electron chi connectivity index (χ1n) is 12.7. The van der Waals surface area contributed by atoms with Gasteiger partial charge in [-0.2, -0.15) is 0 Å². The van der Waals surface area contributed by atoms with Gasteiger partial charge in [-0.1, -0.05) is 54.6 Å².